The van der Waals surface area contributed by atoms with Crippen molar-refractivity contribution in [2.45, 2.75) is 38.4 Å². The second-order valence-electron chi connectivity index (χ2n) is 7.06. The maximum atomic E-state index is 12.9. The van der Waals surface area contributed by atoms with Crippen molar-refractivity contribution in [3.8, 4) is 0 Å². The van der Waals surface area contributed by atoms with Crippen LogP contribution in [0.2, 0.25) is 0 Å². The zero-order chi connectivity index (χ0) is 21.2. The monoisotopic (exact) mass is 406 g/mol. The summed E-state index contributed by atoms with van der Waals surface area (Å²) < 4.78 is 43.3. The van der Waals surface area contributed by atoms with E-state index in [0.29, 0.717) is 17.3 Å². The molecule has 3 rings (SSSR count). The lowest BCUT2D eigenvalue weighted by Crippen LogP contribution is -2.39. The van der Waals surface area contributed by atoms with Gasteiger partial charge < -0.3 is 10.1 Å². The van der Waals surface area contributed by atoms with E-state index >= 15 is 0 Å². The van der Waals surface area contributed by atoms with Gasteiger partial charge in [0, 0.05) is 17.1 Å². The van der Waals surface area contributed by atoms with Gasteiger partial charge in [0.2, 0.25) is 0 Å². The van der Waals surface area contributed by atoms with Crippen molar-refractivity contribution >= 4 is 28.4 Å². The van der Waals surface area contributed by atoms with Crippen LogP contribution >= 0.6 is 0 Å². The second kappa shape index (κ2) is 8.23. The summed E-state index contributed by atoms with van der Waals surface area (Å²) in [7, 11) is 1.24. The highest BCUT2D eigenvalue weighted by Gasteiger charge is 2.39. The molecular formula is C21H21F3N2O3. The number of amides is 1. The van der Waals surface area contributed by atoms with Gasteiger partial charge in [-0.15, -0.1) is 0 Å². The Kier molecular flexibility index (Phi) is 5.91. The highest BCUT2D eigenvalue weighted by atomic mass is 19.4. The molecule has 0 radical (unpaired) electrons. The molecule has 1 heterocycles. The van der Waals surface area contributed by atoms with E-state index in [1.807, 2.05) is 6.07 Å². The summed E-state index contributed by atoms with van der Waals surface area (Å²) >= 11 is 0. The molecule has 1 unspecified atom stereocenters. The van der Waals surface area contributed by atoms with Gasteiger partial charge >= 0.3 is 12.1 Å². The fraction of sp³-hybridized carbons (Fsp3) is 0.381. The number of carbonyl (C=O) groups is 2. The molecule has 1 aliphatic rings. The van der Waals surface area contributed by atoms with Gasteiger partial charge in [-0.3, -0.25) is 9.78 Å². The first-order valence-corrected chi connectivity index (χ1v) is 9.24. The molecule has 8 heteroatoms. The van der Waals surface area contributed by atoms with Gasteiger partial charge in [0.25, 0.3) is 5.91 Å². The Morgan fingerprint density at radius 2 is 2.07 bits per heavy atom. The van der Waals surface area contributed by atoms with Gasteiger partial charge in [-0.2, -0.15) is 13.2 Å². The average Bonchev–Trinajstić information content (AvgIpc) is 2.71. The van der Waals surface area contributed by atoms with E-state index < -0.39 is 30.0 Å². The van der Waals surface area contributed by atoms with Gasteiger partial charge in [-0.1, -0.05) is 24.3 Å². The Hall–Kier alpha value is -2.90. The summed E-state index contributed by atoms with van der Waals surface area (Å²) in [6, 6.07) is 6.24. The fourth-order valence-corrected chi connectivity index (χ4v) is 3.44. The maximum absolute atomic E-state index is 12.9. The van der Waals surface area contributed by atoms with Crippen LogP contribution in [0.4, 0.5) is 13.2 Å². The highest BCUT2D eigenvalue weighted by Crippen LogP contribution is 2.40. The summed E-state index contributed by atoms with van der Waals surface area (Å²) in [5.41, 5.74) is 2.51. The van der Waals surface area contributed by atoms with Crippen LogP contribution in [0.15, 0.2) is 36.5 Å². The number of fused-ring (bicyclic) bond motifs is 1. The number of carbonyl (C=O) groups excluding carboxylic acids is 2. The fourth-order valence-electron chi connectivity index (χ4n) is 3.44. The Bertz CT molecular complexity index is 969. The van der Waals surface area contributed by atoms with Gasteiger partial charge in [0.1, 0.15) is 6.04 Å². The topological polar surface area (TPSA) is 68.3 Å². The quantitative estimate of drug-likeness (QED) is 0.770. The van der Waals surface area contributed by atoms with Crippen LogP contribution in [-0.2, 0) is 9.53 Å². The van der Waals surface area contributed by atoms with E-state index in [2.05, 4.69) is 15.0 Å². The van der Waals surface area contributed by atoms with E-state index in [-0.39, 0.29) is 18.4 Å². The Balaban J connectivity index is 1.85. The average molecular weight is 406 g/mol. The van der Waals surface area contributed by atoms with E-state index in [1.165, 1.54) is 20.2 Å². The molecule has 2 aromatic rings. The number of rotatable bonds is 4. The summed E-state index contributed by atoms with van der Waals surface area (Å²) in [4.78, 5) is 28.2. The van der Waals surface area contributed by atoms with E-state index in [0.717, 1.165) is 11.1 Å². The number of hydrogen-bond acceptors (Lipinski definition) is 4. The van der Waals surface area contributed by atoms with Crippen LogP contribution < -0.4 is 5.32 Å². The molecular weight excluding hydrogens is 385 g/mol. The van der Waals surface area contributed by atoms with Crippen LogP contribution in [-0.4, -0.2) is 36.2 Å². The summed E-state index contributed by atoms with van der Waals surface area (Å²) in [6.45, 7) is 1.51. The molecule has 1 amide bonds. The van der Waals surface area contributed by atoms with Crippen molar-refractivity contribution in [3.63, 3.8) is 0 Å². The molecule has 154 valence electrons. The predicted octanol–water partition coefficient (Wildman–Crippen LogP) is 4.27. The number of aromatic nitrogens is 1. The summed E-state index contributed by atoms with van der Waals surface area (Å²) in [6.07, 6.45) is -0.810. The molecule has 2 atom stereocenters. The van der Waals surface area contributed by atoms with Crippen molar-refractivity contribution in [1.29, 1.82) is 0 Å². The number of benzene rings is 1. The first kappa shape index (κ1) is 20.8. The number of alkyl halides is 3. The van der Waals surface area contributed by atoms with Crippen LogP contribution in [0.1, 0.15) is 42.1 Å². The van der Waals surface area contributed by atoms with E-state index in [1.54, 1.807) is 24.3 Å². The molecule has 1 aliphatic carbocycles. The number of ether oxygens (including phenoxy) is 1. The molecule has 0 bridgehead atoms. The largest absolute Gasteiger partial charge is 0.467 e. The maximum Gasteiger partial charge on any atom is 0.392 e. The number of esters is 1. The number of nitrogens with one attached hydrogen (secondary N) is 1. The first-order valence-electron chi connectivity index (χ1n) is 9.24. The summed E-state index contributed by atoms with van der Waals surface area (Å²) in [5.74, 6) is -2.33. The normalized spacial score (nSPS) is 18.1. The van der Waals surface area contributed by atoms with Crippen LogP contribution in [0.25, 0.3) is 16.5 Å². The number of pyridine rings is 1. The molecule has 0 fully saturated rings. The second-order valence-corrected chi connectivity index (χ2v) is 7.06. The molecule has 1 N–H and O–H groups in total. The minimum Gasteiger partial charge on any atom is -0.467 e. The smallest absolute Gasteiger partial charge is 0.392 e. The first-order chi connectivity index (χ1) is 13.7. The van der Waals surface area contributed by atoms with Crippen LogP contribution in [0, 0.1) is 5.92 Å². The zero-order valence-corrected chi connectivity index (χ0v) is 16.0. The molecule has 5 nitrogen and oxygen atoms in total. The standard InChI is InChI=1S/C21H21F3N2O3/c1-12(20(28)29-2)26-19(27)15-10-14-4-3-5-17(18(14)25-11-15)13-6-8-16(9-7-13)21(22,23)24/h3-6,10-12,16H,7-9H2,1-2H3,(H,26,27)/t12-,16?/m1/s1. The molecule has 0 saturated heterocycles. The van der Waals surface area contributed by atoms with Crippen LogP contribution in [0.3, 0.4) is 0 Å². The number of allylic oxidation sites excluding steroid dienone is 2. The zero-order valence-electron chi connectivity index (χ0n) is 16.0. The van der Waals surface area contributed by atoms with Gasteiger partial charge in [-0.05, 0) is 37.8 Å². The highest BCUT2D eigenvalue weighted by molar-refractivity contribution is 6.00. The van der Waals surface area contributed by atoms with E-state index in [9.17, 15) is 22.8 Å². The predicted molar refractivity (Wildman–Crippen MR) is 102 cm³/mol. The van der Waals surface area contributed by atoms with Crippen molar-refractivity contribution in [2.75, 3.05) is 7.11 Å². The lowest BCUT2D eigenvalue weighted by molar-refractivity contribution is -0.175. The van der Waals surface area contributed by atoms with Gasteiger partial charge in [0.05, 0.1) is 24.1 Å². The van der Waals surface area contributed by atoms with Crippen molar-refractivity contribution < 1.29 is 27.5 Å². The van der Waals surface area contributed by atoms with Gasteiger partial charge in [0.15, 0.2) is 0 Å². The van der Waals surface area contributed by atoms with E-state index in [4.69, 9.17) is 0 Å². The minimum absolute atomic E-state index is 0.0405. The van der Waals surface area contributed by atoms with Crippen molar-refractivity contribution in [3.05, 3.63) is 47.7 Å². The van der Waals surface area contributed by atoms with Crippen LogP contribution in [0.5, 0.6) is 0 Å². The molecule has 1 aromatic carbocycles. The molecule has 1 aromatic heterocycles. The Morgan fingerprint density at radius 1 is 1.31 bits per heavy atom. The van der Waals surface area contributed by atoms with Gasteiger partial charge in [-0.25, -0.2) is 4.79 Å². The number of nitrogens with zero attached hydrogens (tertiary/aromatic N) is 1. The number of para-hydroxylation sites is 1. The third-order valence-electron chi connectivity index (χ3n) is 5.10. The van der Waals surface area contributed by atoms with Crippen molar-refractivity contribution in [1.82, 2.24) is 10.3 Å². The summed E-state index contributed by atoms with van der Waals surface area (Å²) in [5, 5.41) is 3.23. The number of hydrogen-bond donors (Lipinski definition) is 1. The number of methoxy groups -OCH3 is 1. The Labute approximate surface area is 165 Å². The lowest BCUT2D eigenvalue weighted by Gasteiger charge is -2.24. The Morgan fingerprint density at radius 3 is 2.69 bits per heavy atom. The lowest BCUT2D eigenvalue weighted by atomic mass is 9.85. The SMILES string of the molecule is COC(=O)[C@@H](C)NC(=O)c1cnc2c(C3=CCC(C(F)(F)F)CC3)cccc2c1. The molecule has 0 spiro atoms. The third-order valence-corrected chi connectivity index (χ3v) is 5.10. The number of halogens is 3. The molecule has 0 aliphatic heterocycles. The minimum atomic E-state index is -4.18. The molecule has 0 saturated carbocycles. The molecule has 29 heavy (non-hydrogen) atoms. The van der Waals surface area contributed by atoms with Crippen molar-refractivity contribution in [2.24, 2.45) is 5.92 Å². The third kappa shape index (κ3) is 4.58.